The SMILES string of the molecule is COc1ccccc1COc1ccc(Nc2ncnc3cscc23)cc1OC.Cl. The molecule has 2 aromatic heterocycles. The molecule has 0 spiro atoms. The van der Waals surface area contributed by atoms with Crippen LogP contribution in [0.2, 0.25) is 0 Å². The minimum atomic E-state index is 0. The summed E-state index contributed by atoms with van der Waals surface area (Å²) in [4.78, 5) is 8.61. The Balaban J connectivity index is 0.00000240. The van der Waals surface area contributed by atoms with Crippen molar-refractivity contribution in [3.63, 3.8) is 0 Å². The molecule has 29 heavy (non-hydrogen) atoms. The summed E-state index contributed by atoms with van der Waals surface area (Å²) in [6.07, 6.45) is 1.55. The average Bonchev–Trinajstić information content (AvgIpc) is 3.23. The first-order chi connectivity index (χ1) is 13.8. The van der Waals surface area contributed by atoms with Crippen LogP contribution in [0.15, 0.2) is 59.6 Å². The van der Waals surface area contributed by atoms with E-state index in [4.69, 9.17) is 14.2 Å². The number of thiophene rings is 1. The van der Waals surface area contributed by atoms with Crippen molar-refractivity contribution in [2.45, 2.75) is 6.61 Å². The molecule has 0 amide bonds. The van der Waals surface area contributed by atoms with Gasteiger partial charge in [-0.05, 0) is 18.2 Å². The van der Waals surface area contributed by atoms with Gasteiger partial charge in [0.2, 0.25) is 0 Å². The quantitative estimate of drug-likeness (QED) is 0.421. The van der Waals surface area contributed by atoms with Crippen LogP contribution in [0, 0.1) is 0 Å². The van der Waals surface area contributed by atoms with Crippen LogP contribution >= 0.6 is 23.7 Å². The molecule has 2 heterocycles. The molecule has 2 aromatic carbocycles. The van der Waals surface area contributed by atoms with Crippen LogP contribution in [0.5, 0.6) is 17.2 Å². The number of halogens is 1. The van der Waals surface area contributed by atoms with Gasteiger partial charge in [0.05, 0.1) is 25.1 Å². The predicted molar refractivity (Wildman–Crippen MR) is 118 cm³/mol. The van der Waals surface area contributed by atoms with Gasteiger partial charge < -0.3 is 19.5 Å². The van der Waals surface area contributed by atoms with Crippen molar-refractivity contribution in [2.24, 2.45) is 0 Å². The molecule has 0 unspecified atom stereocenters. The highest BCUT2D eigenvalue weighted by atomic mass is 35.5. The molecule has 1 N–H and O–H groups in total. The topological polar surface area (TPSA) is 65.5 Å². The number of nitrogens with one attached hydrogen (secondary N) is 1. The van der Waals surface area contributed by atoms with E-state index < -0.39 is 0 Å². The lowest BCUT2D eigenvalue weighted by atomic mass is 10.2. The summed E-state index contributed by atoms with van der Waals surface area (Å²) in [5, 5.41) is 8.34. The molecule has 0 aliphatic carbocycles. The van der Waals surface area contributed by atoms with Crippen LogP contribution in [-0.2, 0) is 6.61 Å². The molecule has 0 saturated carbocycles. The lowest BCUT2D eigenvalue weighted by Crippen LogP contribution is -2.01. The second-order valence-electron chi connectivity index (χ2n) is 5.98. The molecular weight excluding hydrogens is 410 g/mol. The molecule has 4 aromatic rings. The van der Waals surface area contributed by atoms with E-state index in [1.54, 1.807) is 31.9 Å². The van der Waals surface area contributed by atoms with Gasteiger partial charge in [0.15, 0.2) is 11.5 Å². The first-order valence-corrected chi connectivity index (χ1v) is 9.59. The van der Waals surface area contributed by atoms with Crippen molar-refractivity contribution in [2.75, 3.05) is 19.5 Å². The molecular formula is C21H20ClN3O3S. The van der Waals surface area contributed by atoms with Crippen LogP contribution < -0.4 is 19.5 Å². The first kappa shape index (κ1) is 20.7. The summed E-state index contributed by atoms with van der Waals surface area (Å²) in [6, 6.07) is 13.5. The molecule has 6 nitrogen and oxygen atoms in total. The maximum atomic E-state index is 5.96. The summed E-state index contributed by atoms with van der Waals surface area (Å²) in [5.41, 5.74) is 2.74. The molecule has 0 atom stereocenters. The van der Waals surface area contributed by atoms with Crippen molar-refractivity contribution in [1.29, 1.82) is 0 Å². The first-order valence-electron chi connectivity index (χ1n) is 8.65. The van der Waals surface area contributed by atoms with E-state index in [0.29, 0.717) is 18.1 Å². The maximum absolute atomic E-state index is 5.96. The maximum Gasteiger partial charge on any atom is 0.162 e. The zero-order valence-electron chi connectivity index (χ0n) is 15.9. The number of rotatable bonds is 7. The largest absolute Gasteiger partial charge is 0.496 e. The standard InChI is InChI=1S/C21H19N3O3S.ClH/c1-25-18-6-4-3-5-14(18)10-27-19-8-7-15(9-20(19)26-2)24-21-16-11-28-12-17(16)22-13-23-21;/h3-9,11-13H,10H2,1-2H3,(H,22,23,24);1H. The number of benzene rings is 2. The second kappa shape index (κ2) is 9.45. The summed E-state index contributed by atoms with van der Waals surface area (Å²) in [7, 11) is 3.27. The van der Waals surface area contributed by atoms with E-state index in [2.05, 4.69) is 15.3 Å². The zero-order valence-corrected chi connectivity index (χ0v) is 17.5. The molecule has 0 bridgehead atoms. The number of anilines is 2. The van der Waals surface area contributed by atoms with E-state index in [-0.39, 0.29) is 12.4 Å². The molecule has 0 fully saturated rings. The Labute approximate surface area is 178 Å². The minimum absolute atomic E-state index is 0. The van der Waals surface area contributed by atoms with Crippen molar-refractivity contribution in [3.8, 4) is 17.2 Å². The Morgan fingerprint density at radius 1 is 0.931 bits per heavy atom. The highest BCUT2D eigenvalue weighted by Crippen LogP contribution is 2.33. The van der Waals surface area contributed by atoms with Crippen molar-refractivity contribution >= 4 is 46.2 Å². The Bertz CT molecular complexity index is 1100. The van der Waals surface area contributed by atoms with Gasteiger partial charge in [0, 0.05) is 28.1 Å². The van der Waals surface area contributed by atoms with Crippen LogP contribution in [0.25, 0.3) is 10.9 Å². The third kappa shape index (κ3) is 4.52. The van der Waals surface area contributed by atoms with E-state index in [0.717, 1.165) is 33.7 Å². The predicted octanol–water partition coefficient (Wildman–Crippen LogP) is 5.45. The third-order valence-corrected chi connectivity index (χ3v) is 5.01. The number of nitrogens with zero attached hydrogens (tertiary/aromatic N) is 2. The monoisotopic (exact) mass is 429 g/mol. The summed E-state index contributed by atoms with van der Waals surface area (Å²) in [6.45, 7) is 0.384. The van der Waals surface area contributed by atoms with Crippen molar-refractivity contribution in [1.82, 2.24) is 9.97 Å². The van der Waals surface area contributed by atoms with Crippen LogP contribution in [-0.4, -0.2) is 24.2 Å². The molecule has 8 heteroatoms. The normalized spacial score (nSPS) is 10.3. The molecule has 0 radical (unpaired) electrons. The number of para-hydroxylation sites is 1. The van der Waals surface area contributed by atoms with Gasteiger partial charge in [-0.15, -0.1) is 23.7 Å². The van der Waals surface area contributed by atoms with Gasteiger partial charge >= 0.3 is 0 Å². The van der Waals surface area contributed by atoms with Crippen molar-refractivity contribution in [3.05, 3.63) is 65.1 Å². The number of aromatic nitrogens is 2. The zero-order chi connectivity index (χ0) is 19.3. The number of methoxy groups -OCH3 is 2. The summed E-state index contributed by atoms with van der Waals surface area (Å²) < 4.78 is 16.8. The van der Waals surface area contributed by atoms with E-state index in [9.17, 15) is 0 Å². The number of hydrogen-bond donors (Lipinski definition) is 1. The van der Waals surface area contributed by atoms with Gasteiger partial charge in [-0.25, -0.2) is 9.97 Å². The van der Waals surface area contributed by atoms with Crippen LogP contribution in [0.4, 0.5) is 11.5 Å². The van der Waals surface area contributed by atoms with Crippen LogP contribution in [0.1, 0.15) is 5.56 Å². The second-order valence-corrected chi connectivity index (χ2v) is 6.73. The molecule has 0 saturated heterocycles. The third-order valence-electron chi connectivity index (χ3n) is 4.28. The lowest BCUT2D eigenvalue weighted by molar-refractivity contribution is 0.278. The smallest absolute Gasteiger partial charge is 0.162 e. The van der Waals surface area contributed by atoms with Gasteiger partial charge in [-0.2, -0.15) is 0 Å². The van der Waals surface area contributed by atoms with Crippen molar-refractivity contribution < 1.29 is 14.2 Å². The van der Waals surface area contributed by atoms with Gasteiger partial charge in [-0.1, -0.05) is 18.2 Å². The molecule has 0 aliphatic rings. The Morgan fingerprint density at radius 3 is 2.59 bits per heavy atom. The molecule has 150 valence electrons. The fourth-order valence-electron chi connectivity index (χ4n) is 2.86. The highest BCUT2D eigenvalue weighted by molar-refractivity contribution is 7.09. The highest BCUT2D eigenvalue weighted by Gasteiger charge is 2.10. The number of hydrogen-bond acceptors (Lipinski definition) is 7. The Morgan fingerprint density at radius 2 is 1.76 bits per heavy atom. The van der Waals surface area contributed by atoms with Gasteiger partial charge in [0.1, 0.15) is 24.5 Å². The number of ether oxygens (including phenoxy) is 3. The van der Waals surface area contributed by atoms with Gasteiger partial charge in [-0.3, -0.25) is 0 Å². The van der Waals surface area contributed by atoms with E-state index >= 15 is 0 Å². The fraction of sp³-hybridized carbons (Fsp3) is 0.143. The van der Waals surface area contributed by atoms with E-state index in [1.165, 1.54) is 0 Å². The lowest BCUT2D eigenvalue weighted by Gasteiger charge is -2.14. The fourth-order valence-corrected chi connectivity index (χ4v) is 3.62. The molecule has 4 rings (SSSR count). The number of fused-ring (bicyclic) bond motifs is 1. The van der Waals surface area contributed by atoms with Crippen LogP contribution in [0.3, 0.4) is 0 Å². The minimum Gasteiger partial charge on any atom is -0.496 e. The van der Waals surface area contributed by atoms with Gasteiger partial charge in [0.25, 0.3) is 0 Å². The molecule has 0 aliphatic heterocycles. The summed E-state index contributed by atoms with van der Waals surface area (Å²) in [5.74, 6) is 2.84. The Hall–Kier alpha value is -3.03. The summed E-state index contributed by atoms with van der Waals surface area (Å²) >= 11 is 1.60. The average molecular weight is 430 g/mol. The van der Waals surface area contributed by atoms with E-state index in [1.807, 2.05) is 53.2 Å². The Kier molecular flexibility index (Phi) is 6.74.